The van der Waals surface area contributed by atoms with E-state index in [9.17, 15) is 14.5 Å². The van der Waals surface area contributed by atoms with Crippen molar-refractivity contribution in [3.05, 3.63) is 18.2 Å². The van der Waals surface area contributed by atoms with Crippen molar-refractivity contribution in [2.45, 2.75) is 23.5 Å². The van der Waals surface area contributed by atoms with E-state index >= 15 is 0 Å². The molecule has 8 heteroatoms. The van der Waals surface area contributed by atoms with E-state index in [0.29, 0.717) is 16.4 Å². The van der Waals surface area contributed by atoms with Gasteiger partial charge in [0.2, 0.25) is 0 Å². The van der Waals surface area contributed by atoms with Gasteiger partial charge in [-0.3, -0.25) is 4.79 Å². The highest BCUT2D eigenvalue weighted by Gasteiger charge is 2.44. The lowest BCUT2D eigenvalue weighted by Crippen LogP contribution is -2.41. The average molecular weight is 329 g/mol. The number of hydrogen-bond donors (Lipinski definition) is 1. The number of β-amino-alcohol motifs (C(OH)–C–C–N with tert-alkyl or cyclic N) is 1. The Morgan fingerprint density at radius 1 is 1.32 bits per heavy atom. The van der Waals surface area contributed by atoms with Crippen molar-refractivity contribution in [1.82, 2.24) is 4.31 Å². The number of carbonyl (C=O) groups excluding carboxylic acids is 1. The van der Waals surface area contributed by atoms with Crippen LogP contribution in [0.2, 0.25) is 0 Å². The van der Waals surface area contributed by atoms with Gasteiger partial charge in [0.1, 0.15) is 0 Å². The zero-order valence-electron chi connectivity index (χ0n) is 12.6. The summed E-state index contributed by atoms with van der Waals surface area (Å²) in [5.74, 6) is 0.460. The molecule has 1 aromatic rings. The lowest BCUT2D eigenvalue weighted by Gasteiger charge is -2.24. The molecule has 0 aromatic heterocycles. The third kappa shape index (κ3) is 3.30. The minimum atomic E-state index is -1.62. The van der Waals surface area contributed by atoms with E-state index in [2.05, 4.69) is 0 Å². The zero-order valence-corrected chi connectivity index (χ0v) is 13.5. The molecule has 3 atom stereocenters. The van der Waals surface area contributed by atoms with Crippen LogP contribution in [-0.4, -0.2) is 60.0 Å². The van der Waals surface area contributed by atoms with Crippen LogP contribution in [0.5, 0.6) is 11.5 Å². The summed E-state index contributed by atoms with van der Waals surface area (Å²) in [6.07, 6.45) is -0.515. The first-order valence-corrected chi connectivity index (χ1v) is 7.79. The first kappa shape index (κ1) is 16.9. The number of aliphatic hydroxyl groups excluding tert-OH is 1. The molecule has 7 nitrogen and oxygen atoms in total. The summed E-state index contributed by atoms with van der Waals surface area (Å²) in [5.41, 5.74) is 0. The molecule has 1 saturated heterocycles. The monoisotopic (exact) mass is 329 g/mol. The van der Waals surface area contributed by atoms with Gasteiger partial charge in [0.05, 0.1) is 45.3 Å². The van der Waals surface area contributed by atoms with Crippen molar-refractivity contribution in [3.63, 3.8) is 0 Å². The summed E-state index contributed by atoms with van der Waals surface area (Å²) in [4.78, 5) is 12.2. The Morgan fingerprint density at radius 3 is 2.59 bits per heavy atom. The molecule has 1 fully saturated rings. The molecule has 1 heterocycles. The molecule has 22 heavy (non-hydrogen) atoms. The van der Waals surface area contributed by atoms with Gasteiger partial charge in [-0.15, -0.1) is 4.31 Å². The summed E-state index contributed by atoms with van der Waals surface area (Å²) in [5, 5.41) is 9.76. The van der Waals surface area contributed by atoms with Crippen LogP contribution in [0, 0.1) is 0 Å². The topological polar surface area (TPSA) is 91.3 Å². The van der Waals surface area contributed by atoms with Crippen LogP contribution in [0.1, 0.15) is 6.42 Å². The highest BCUT2D eigenvalue weighted by Crippen LogP contribution is 2.33. The molecule has 1 aliphatic heterocycles. The molecule has 122 valence electrons. The molecule has 0 amide bonds. The van der Waals surface area contributed by atoms with Gasteiger partial charge in [-0.05, 0) is 12.1 Å². The van der Waals surface area contributed by atoms with Crippen LogP contribution in [0.25, 0.3) is 0 Å². The Morgan fingerprint density at radius 2 is 2.00 bits per heavy atom. The number of ether oxygens (including phenoxy) is 3. The summed E-state index contributed by atoms with van der Waals surface area (Å²) in [7, 11) is 4.27. The number of carbonyl (C=O) groups is 1. The van der Waals surface area contributed by atoms with E-state index < -0.39 is 29.5 Å². The molecule has 0 radical (unpaired) electrons. The van der Waals surface area contributed by atoms with Crippen molar-refractivity contribution >= 4 is 17.3 Å². The molecule has 1 aliphatic rings. The summed E-state index contributed by atoms with van der Waals surface area (Å²) >= 11 is -1.62. The number of benzene rings is 1. The van der Waals surface area contributed by atoms with Gasteiger partial charge in [-0.2, -0.15) is 0 Å². The number of hydrogen-bond acceptors (Lipinski definition) is 7. The van der Waals surface area contributed by atoms with Crippen LogP contribution >= 0.6 is 0 Å². The van der Waals surface area contributed by atoms with Crippen molar-refractivity contribution in [1.29, 1.82) is 0 Å². The minimum Gasteiger partial charge on any atom is -0.593 e. The van der Waals surface area contributed by atoms with Crippen LogP contribution in [0.3, 0.4) is 0 Å². The van der Waals surface area contributed by atoms with E-state index in [4.69, 9.17) is 14.2 Å². The van der Waals surface area contributed by atoms with E-state index in [0.717, 1.165) is 0 Å². The number of aliphatic hydroxyl groups is 1. The Labute approximate surface area is 132 Å². The van der Waals surface area contributed by atoms with E-state index in [1.165, 1.54) is 25.6 Å². The molecule has 0 spiro atoms. The fourth-order valence-corrected chi connectivity index (χ4v) is 3.75. The first-order chi connectivity index (χ1) is 10.5. The van der Waals surface area contributed by atoms with E-state index in [1.807, 2.05) is 0 Å². The second-order valence-corrected chi connectivity index (χ2v) is 6.23. The van der Waals surface area contributed by atoms with Crippen LogP contribution in [0.15, 0.2) is 23.1 Å². The van der Waals surface area contributed by atoms with Crippen LogP contribution in [-0.2, 0) is 20.9 Å². The average Bonchev–Trinajstić information content (AvgIpc) is 2.94. The zero-order chi connectivity index (χ0) is 16.3. The largest absolute Gasteiger partial charge is 0.593 e. The molecule has 2 rings (SSSR count). The van der Waals surface area contributed by atoms with Crippen LogP contribution < -0.4 is 9.47 Å². The Balaban J connectivity index is 2.26. The minimum absolute atomic E-state index is 0.140. The van der Waals surface area contributed by atoms with Gasteiger partial charge >= 0.3 is 5.97 Å². The Bertz CT molecular complexity index is 540. The SMILES string of the molecule is COC(=O)[C@@H]1C[C@@H](O)CN1[S+]([O-])c1ccc(OC)c(OC)c1. The number of rotatable bonds is 5. The molecule has 1 aromatic carbocycles. The van der Waals surface area contributed by atoms with Gasteiger partial charge in [0, 0.05) is 12.5 Å². The first-order valence-electron chi connectivity index (χ1n) is 6.68. The molecule has 0 aliphatic carbocycles. The van der Waals surface area contributed by atoms with Gasteiger partial charge < -0.3 is 23.9 Å². The normalized spacial score (nSPS) is 23.1. The molecule has 0 bridgehead atoms. The third-order valence-corrected chi connectivity index (χ3v) is 4.96. The molecular weight excluding hydrogens is 310 g/mol. The smallest absolute Gasteiger partial charge is 0.327 e. The maximum Gasteiger partial charge on any atom is 0.327 e. The summed E-state index contributed by atoms with van der Waals surface area (Å²) in [6, 6.07) is 4.14. The highest BCUT2D eigenvalue weighted by molar-refractivity contribution is 7.89. The number of esters is 1. The number of nitrogens with zero attached hydrogens (tertiary/aromatic N) is 1. The quantitative estimate of drug-likeness (QED) is 0.615. The predicted octanol–water partition coefficient (Wildman–Crippen LogP) is 0.335. The predicted molar refractivity (Wildman–Crippen MR) is 79.1 cm³/mol. The fourth-order valence-electron chi connectivity index (χ4n) is 2.38. The summed E-state index contributed by atoms with van der Waals surface area (Å²) < 4.78 is 29.2. The Hall–Kier alpha value is -1.48. The second kappa shape index (κ2) is 7.19. The maximum atomic E-state index is 12.7. The van der Waals surface area contributed by atoms with Crippen molar-refractivity contribution in [3.8, 4) is 11.5 Å². The van der Waals surface area contributed by atoms with E-state index in [1.54, 1.807) is 18.2 Å². The lowest BCUT2D eigenvalue weighted by molar-refractivity contribution is -0.144. The van der Waals surface area contributed by atoms with E-state index in [-0.39, 0.29) is 13.0 Å². The fraction of sp³-hybridized carbons (Fsp3) is 0.500. The Kier molecular flexibility index (Phi) is 5.52. The van der Waals surface area contributed by atoms with Gasteiger partial charge in [0.25, 0.3) is 0 Å². The molecule has 1 unspecified atom stereocenters. The van der Waals surface area contributed by atoms with Gasteiger partial charge in [-0.25, -0.2) is 0 Å². The molecule has 0 saturated carbocycles. The van der Waals surface area contributed by atoms with Crippen molar-refractivity contribution in [2.75, 3.05) is 27.9 Å². The molecular formula is C14H19NO6S. The molecule has 1 N–H and O–H groups in total. The van der Waals surface area contributed by atoms with Crippen molar-refractivity contribution in [2.24, 2.45) is 0 Å². The number of methoxy groups -OCH3 is 3. The second-order valence-electron chi connectivity index (χ2n) is 4.79. The third-order valence-electron chi connectivity index (χ3n) is 3.48. The standard InChI is InChI=1S/C14H19NO6S/c1-19-12-5-4-10(7-13(12)20-2)22(18)15-8-9(16)6-11(15)14(17)21-3/h4-5,7,9,11,16H,6,8H2,1-3H3/t9-,11+,22?/m1/s1. The highest BCUT2D eigenvalue weighted by atomic mass is 32.2. The van der Waals surface area contributed by atoms with Gasteiger partial charge in [0.15, 0.2) is 22.4 Å². The van der Waals surface area contributed by atoms with Crippen LogP contribution in [0.4, 0.5) is 0 Å². The maximum absolute atomic E-state index is 12.7. The lowest BCUT2D eigenvalue weighted by atomic mass is 10.2. The van der Waals surface area contributed by atoms with Crippen molar-refractivity contribution < 1.29 is 28.7 Å². The summed E-state index contributed by atoms with van der Waals surface area (Å²) in [6.45, 7) is 0.140. The van der Waals surface area contributed by atoms with Gasteiger partial charge in [-0.1, -0.05) is 0 Å².